The van der Waals surface area contributed by atoms with E-state index in [4.69, 9.17) is 10.8 Å². The molecule has 3 N–H and O–H groups in total. The number of amides is 1. The van der Waals surface area contributed by atoms with Crippen molar-refractivity contribution < 1.29 is 9.90 Å². The van der Waals surface area contributed by atoms with Gasteiger partial charge < -0.3 is 15.7 Å². The molecule has 0 saturated carbocycles. The van der Waals surface area contributed by atoms with Crippen LogP contribution in [0.3, 0.4) is 0 Å². The molecule has 2 aromatic rings. The third kappa shape index (κ3) is 3.13. The first-order valence-electron chi connectivity index (χ1n) is 7.11. The van der Waals surface area contributed by atoms with Crippen molar-refractivity contribution in [1.82, 2.24) is 9.88 Å². The maximum absolute atomic E-state index is 12.8. The van der Waals surface area contributed by atoms with Crippen molar-refractivity contribution in [1.29, 1.82) is 0 Å². The SMILES string of the molecule is CC(C)N(CCCO)C(=O)c1cnc(N)c2ccccc12. The predicted octanol–water partition coefficient (Wildman–Crippen LogP) is 2.05. The van der Waals surface area contributed by atoms with E-state index in [2.05, 4.69) is 4.98 Å². The van der Waals surface area contributed by atoms with Crippen LogP contribution in [0.5, 0.6) is 0 Å². The molecule has 2 rings (SSSR count). The van der Waals surface area contributed by atoms with Crippen LogP contribution in [0, 0.1) is 0 Å². The highest BCUT2D eigenvalue weighted by Gasteiger charge is 2.21. The summed E-state index contributed by atoms with van der Waals surface area (Å²) in [5.74, 6) is 0.343. The molecule has 0 aliphatic heterocycles. The van der Waals surface area contributed by atoms with Crippen LogP contribution in [0.4, 0.5) is 5.82 Å². The number of aromatic nitrogens is 1. The summed E-state index contributed by atoms with van der Waals surface area (Å²) >= 11 is 0. The molecule has 5 nitrogen and oxygen atoms in total. The highest BCUT2D eigenvalue weighted by Crippen LogP contribution is 2.24. The van der Waals surface area contributed by atoms with Gasteiger partial charge in [-0.1, -0.05) is 24.3 Å². The first-order chi connectivity index (χ1) is 10.1. The Bertz CT molecular complexity index is 640. The number of carbonyl (C=O) groups is 1. The Balaban J connectivity index is 2.45. The Morgan fingerprint density at radius 3 is 2.62 bits per heavy atom. The van der Waals surface area contributed by atoms with Crippen LogP contribution in [-0.4, -0.2) is 40.1 Å². The number of nitrogens with zero attached hydrogens (tertiary/aromatic N) is 2. The summed E-state index contributed by atoms with van der Waals surface area (Å²) in [6.45, 7) is 4.51. The number of rotatable bonds is 5. The lowest BCUT2D eigenvalue weighted by Crippen LogP contribution is -2.38. The Morgan fingerprint density at radius 2 is 2.00 bits per heavy atom. The normalized spacial score (nSPS) is 11.0. The molecule has 21 heavy (non-hydrogen) atoms. The second-order valence-corrected chi connectivity index (χ2v) is 5.27. The van der Waals surface area contributed by atoms with Gasteiger partial charge in [-0.25, -0.2) is 4.98 Å². The van der Waals surface area contributed by atoms with E-state index in [-0.39, 0.29) is 18.6 Å². The van der Waals surface area contributed by atoms with Crippen LogP contribution in [0.15, 0.2) is 30.5 Å². The van der Waals surface area contributed by atoms with Crippen molar-refractivity contribution in [3.63, 3.8) is 0 Å². The number of hydrogen-bond acceptors (Lipinski definition) is 4. The summed E-state index contributed by atoms with van der Waals surface area (Å²) in [6.07, 6.45) is 2.10. The van der Waals surface area contributed by atoms with Gasteiger partial charge in [-0.2, -0.15) is 0 Å². The number of nitrogens with two attached hydrogens (primary N) is 1. The third-order valence-corrected chi connectivity index (χ3v) is 3.50. The number of benzene rings is 1. The van der Waals surface area contributed by atoms with Gasteiger partial charge in [0.15, 0.2) is 0 Å². The summed E-state index contributed by atoms with van der Waals surface area (Å²) in [5.41, 5.74) is 6.42. The number of hydrogen-bond donors (Lipinski definition) is 2. The lowest BCUT2D eigenvalue weighted by atomic mass is 10.1. The topological polar surface area (TPSA) is 79.5 Å². The first-order valence-corrected chi connectivity index (χ1v) is 7.11. The average molecular weight is 287 g/mol. The van der Waals surface area contributed by atoms with Crippen LogP contribution < -0.4 is 5.73 Å². The van der Waals surface area contributed by atoms with E-state index in [1.807, 2.05) is 38.1 Å². The molecule has 0 aliphatic rings. The molecule has 0 unspecified atom stereocenters. The number of nitrogen functional groups attached to an aromatic ring is 1. The van der Waals surface area contributed by atoms with Gasteiger partial charge in [0.1, 0.15) is 5.82 Å². The van der Waals surface area contributed by atoms with Gasteiger partial charge in [-0.05, 0) is 25.7 Å². The minimum Gasteiger partial charge on any atom is -0.396 e. The monoisotopic (exact) mass is 287 g/mol. The maximum Gasteiger partial charge on any atom is 0.256 e. The van der Waals surface area contributed by atoms with Gasteiger partial charge >= 0.3 is 0 Å². The molecule has 0 atom stereocenters. The van der Waals surface area contributed by atoms with Crippen LogP contribution >= 0.6 is 0 Å². The molecule has 1 aromatic heterocycles. The van der Waals surface area contributed by atoms with Crippen molar-refractivity contribution >= 4 is 22.5 Å². The third-order valence-electron chi connectivity index (χ3n) is 3.50. The minimum absolute atomic E-state index is 0.0559. The zero-order valence-electron chi connectivity index (χ0n) is 12.4. The van der Waals surface area contributed by atoms with Crippen LogP contribution in [0.25, 0.3) is 10.8 Å². The summed E-state index contributed by atoms with van der Waals surface area (Å²) in [7, 11) is 0. The Morgan fingerprint density at radius 1 is 1.33 bits per heavy atom. The fourth-order valence-electron chi connectivity index (χ4n) is 2.37. The number of aliphatic hydroxyl groups is 1. The fourth-order valence-corrected chi connectivity index (χ4v) is 2.37. The summed E-state index contributed by atoms with van der Waals surface area (Å²) < 4.78 is 0. The Kier molecular flexibility index (Phi) is 4.75. The van der Waals surface area contributed by atoms with Crippen molar-refractivity contribution in [2.24, 2.45) is 0 Å². The van der Waals surface area contributed by atoms with E-state index in [9.17, 15) is 4.79 Å². The van der Waals surface area contributed by atoms with E-state index in [0.717, 1.165) is 10.8 Å². The van der Waals surface area contributed by atoms with Gasteiger partial charge in [0.25, 0.3) is 5.91 Å². The zero-order chi connectivity index (χ0) is 15.4. The lowest BCUT2D eigenvalue weighted by Gasteiger charge is -2.27. The van der Waals surface area contributed by atoms with Gasteiger partial charge in [0.2, 0.25) is 0 Å². The van der Waals surface area contributed by atoms with E-state index in [1.54, 1.807) is 4.90 Å². The van der Waals surface area contributed by atoms with Gasteiger partial charge in [-0.15, -0.1) is 0 Å². The van der Waals surface area contributed by atoms with Gasteiger partial charge in [0, 0.05) is 30.8 Å². The van der Waals surface area contributed by atoms with E-state index >= 15 is 0 Å². The molecular weight excluding hydrogens is 266 g/mol. The molecular formula is C16H21N3O2. The fraction of sp³-hybridized carbons (Fsp3) is 0.375. The van der Waals surface area contributed by atoms with Crippen molar-refractivity contribution in [3.05, 3.63) is 36.0 Å². The molecule has 1 amide bonds. The summed E-state index contributed by atoms with van der Waals surface area (Å²) in [4.78, 5) is 18.7. The van der Waals surface area contributed by atoms with Gasteiger partial charge in [-0.3, -0.25) is 4.79 Å². The Labute approximate surface area is 124 Å². The van der Waals surface area contributed by atoms with Crippen molar-refractivity contribution in [2.45, 2.75) is 26.3 Å². The smallest absolute Gasteiger partial charge is 0.256 e. The van der Waals surface area contributed by atoms with Crippen molar-refractivity contribution in [3.8, 4) is 0 Å². The highest BCUT2D eigenvalue weighted by molar-refractivity contribution is 6.09. The quantitative estimate of drug-likeness (QED) is 0.882. The number of carbonyl (C=O) groups excluding carboxylic acids is 1. The predicted molar refractivity (Wildman–Crippen MR) is 84.0 cm³/mol. The molecule has 0 radical (unpaired) electrons. The highest BCUT2D eigenvalue weighted by atomic mass is 16.3. The van der Waals surface area contributed by atoms with Gasteiger partial charge in [0.05, 0.1) is 5.56 Å². The van der Waals surface area contributed by atoms with Crippen LogP contribution in [0.2, 0.25) is 0 Å². The standard InChI is InChI=1S/C16H21N3O2/c1-11(2)19(8-5-9-20)16(21)14-10-18-15(17)13-7-4-3-6-12(13)14/h3-4,6-7,10-11,20H,5,8-9H2,1-2H3,(H2,17,18). The number of anilines is 1. The summed E-state index contributed by atoms with van der Waals surface area (Å²) in [6, 6.07) is 7.56. The average Bonchev–Trinajstić information content (AvgIpc) is 2.48. The van der Waals surface area contributed by atoms with E-state index in [0.29, 0.717) is 24.3 Å². The number of aliphatic hydroxyl groups excluding tert-OH is 1. The zero-order valence-corrected chi connectivity index (χ0v) is 12.4. The van der Waals surface area contributed by atoms with E-state index in [1.165, 1.54) is 6.20 Å². The molecule has 0 aliphatic carbocycles. The number of fused-ring (bicyclic) bond motifs is 1. The molecule has 0 bridgehead atoms. The summed E-state index contributed by atoms with van der Waals surface area (Å²) in [5, 5.41) is 10.6. The molecule has 5 heteroatoms. The first kappa shape index (κ1) is 15.3. The molecule has 1 aromatic carbocycles. The molecule has 0 fully saturated rings. The molecule has 0 saturated heterocycles. The number of pyridine rings is 1. The molecule has 1 heterocycles. The minimum atomic E-state index is -0.0813. The molecule has 0 spiro atoms. The maximum atomic E-state index is 12.8. The second kappa shape index (κ2) is 6.54. The van der Waals surface area contributed by atoms with Crippen LogP contribution in [-0.2, 0) is 0 Å². The van der Waals surface area contributed by atoms with E-state index < -0.39 is 0 Å². The largest absolute Gasteiger partial charge is 0.396 e. The lowest BCUT2D eigenvalue weighted by molar-refractivity contribution is 0.0695. The second-order valence-electron chi connectivity index (χ2n) is 5.27. The Hall–Kier alpha value is -2.14. The molecule has 112 valence electrons. The van der Waals surface area contributed by atoms with Crippen molar-refractivity contribution in [2.75, 3.05) is 18.9 Å². The van der Waals surface area contributed by atoms with Crippen LogP contribution in [0.1, 0.15) is 30.6 Å².